The maximum absolute atomic E-state index is 13.3. The molecule has 1 N–H and O–H groups in total. The maximum Gasteiger partial charge on any atom is 0.332 e. The van der Waals surface area contributed by atoms with Crippen LogP contribution in [-0.2, 0) is 18.9 Å². The van der Waals surface area contributed by atoms with E-state index in [9.17, 15) is 14.4 Å². The Kier molecular flexibility index (Phi) is 4.71. The predicted octanol–water partition coefficient (Wildman–Crippen LogP) is 2.68. The Bertz CT molecular complexity index is 1180. The fraction of sp³-hybridized carbons (Fsp3) is 0.435. The Morgan fingerprint density at radius 2 is 1.73 bits per heavy atom. The highest BCUT2D eigenvalue weighted by atomic mass is 16.5. The van der Waals surface area contributed by atoms with Gasteiger partial charge in [0.1, 0.15) is 11.6 Å². The van der Waals surface area contributed by atoms with E-state index in [2.05, 4.69) is 19.2 Å². The summed E-state index contributed by atoms with van der Waals surface area (Å²) in [5, 5.41) is 3.28. The van der Waals surface area contributed by atoms with Gasteiger partial charge in [0.25, 0.3) is 5.56 Å². The number of ether oxygens (including phenoxy) is 1. The lowest BCUT2D eigenvalue weighted by molar-refractivity contribution is -0.118. The molecule has 0 spiro atoms. The van der Waals surface area contributed by atoms with Crippen LogP contribution in [0.25, 0.3) is 0 Å². The summed E-state index contributed by atoms with van der Waals surface area (Å²) in [5.41, 5.74) is 1.70. The van der Waals surface area contributed by atoms with Crippen LogP contribution in [-0.4, -0.2) is 21.5 Å². The van der Waals surface area contributed by atoms with Crippen molar-refractivity contribution in [3.63, 3.8) is 0 Å². The number of anilines is 1. The number of nitrogens with one attached hydrogen (secondary N) is 1. The lowest BCUT2D eigenvalue weighted by Crippen LogP contribution is -2.45. The van der Waals surface area contributed by atoms with Crippen LogP contribution in [0.15, 0.2) is 45.1 Å². The van der Waals surface area contributed by atoms with E-state index in [4.69, 9.17) is 4.74 Å². The second-order valence-corrected chi connectivity index (χ2v) is 8.86. The minimum Gasteiger partial charge on any atom is -0.494 e. The summed E-state index contributed by atoms with van der Waals surface area (Å²) in [4.78, 5) is 39.0. The molecule has 2 aliphatic rings. The minimum absolute atomic E-state index is 0.0363. The van der Waals surface area contributed by atoms with Gasteiger partial charge >= 0.3 is 5.69 Å². The molecule has 1 aliphatic carbocycles. The molecule has 2 aromatic rings. The summed E-state index contributed by atoms with van der Waals surface area (Å²) >= 11 is 0. The number of ketones is 1. The minimum atomic E-state index is -0.527. The van der Waals surface area contributed by atoms with Crippen molar-refractivity contribution >= 4 is 11.6 Å². The highest BCUT2D eigenvalue weighted by molar-refractivity contribution is 6.01. The third kappa shape index (κ3) is 3.09. The van der Waals surface area contributed by atoms with E-state index < -0.39 is 11.6 Å². The molecule has 1 atom stereocenters. The molecule has 2 heterocycles. The highest BCUT2D eigenvalue weighted by Crippen LogP contribution is 2.47. The number of hydrogen-bond acceptors (Lipinski definition) is 5. The number of rotatable bonds is 3. The highest BCUT2D eigenvalue weighted by Gasteiger charge is 2.42. The van der Waals surface area contributed by atoms with Crippen LogP contribution >= 0.6 is 0 Å². The Labute approximate surface area is 175 Å². The molecule has 30 heavy (non-hydrogen) atoms. The molecule has 1 aromatic heterocycles. The first-order chi connectivity index (χ1) is 14.1. The monoisotopic (exact) mass is 409 g/mol. The predicted molar refractivity (Wildman–Crippen MR) is 115 cm³/mol. The molecule has 4 rings (SSSR count). The van der Waals surface area contributed by atoms with E-state index in [0.29, 0.717) is 36.4 Å². The van der Waals surface area contributed by atoms with Crippen molar-refractivity contribution in [1.82, 2.24) is 9.13 Å². The summed E-state index contributed by atoms with van der Waals surface area (Å²) < 4.78 is 8.10. The molecule has 0 amide bonds. The summed E-state index contributed by atoms with van der Waals surface area (Å²) in [6, 6.07) is 7.49. The third-order valence-corrected chi connectivity index (χ3v) is 5.99. The van der Waals surface area contributed by atoms with Crippen molar-refractivity contribution in [2.75, 3.05) is 11.9 Å². The van der Waals surface area contributed by atoms with Crippen molar-refractivity contribution in [2.24, 2.45) is 19.5 Å². The third-order valence-electron chi connectivity index (χ3n) is 5.99. The van der Waals surface area contributed by atoms with Crippen molar-refractivity contribution < 1.29 is 9.53 Å². The largest absolute Gasteiger partial charge is 0.494 e. The number of nitrogens with zero attached hydrogens (tertiary/aromatic N) is 2. The SMILES string of the molecule is CCOc1ccc([C@H]2C3=C(CC(C)(C)CC3=O)Nc3c2c(=O)n(C)c(=O)n3C)cc1. The summed E-state index contributed by atoms with van der Waals surface area (Å²) in [7, 11) is 3.11. The van der Waals surface area contributed by atoms with Crippen molar-refractivity contribution in [1.29, 1.82) is 0 Å². The first kappa shape index (κ1) is 20.2. The molecule has 0 saturated carbocycles. The lowest BCUT2D eigenvalue weighted by Gasteiger charge is -2.39. The van der Waals surface area contributed by atoms with Gasteiger partial charge in [0.2, 0.25) is 0 Å². The molecule has 7 nitrogen and oxygen atoms in total. The average molecular weight is 409 g/mol. The van der Waals surface area contributed by atoms with Crippen LogP contribution in [0.3, 0.4) is 0 Å². The maximum atomic E-state index is 13.3. The molecule has 1 aromatic carbocycles. The number of fused-ring (bicyclic) bond motifs is 1. The van der Waals surface area contributed by atoms with Crippen molar-refractivity contribution in [3.05, 3.63) is 67.5 Å². The molecule has 7 heteroatoms. The van der Waals surface area contributed by atoms with Crippen LogP contribution in [0.2, 0.25) is 0 Å². The number of allylic oxidation sites excluding steroid dienone is 2. The normalized spacial score (nSPS) is 19.8. The molecule has 1 aliphatic heterocycles. The fourth-order valence-electron chi connectivity index (χ4n) is 4.61. The number of benzene rings is 1. The molecule has 0 saturated heterocycles. The lowest BCUT2D eigenvalue weighted by atomic mass is 9.69. The van der Waals surface area contributed by atoms with Gasteiger partial charge in [-0.1, -0.05) is 26.0 Å². The Morgan fingerprint density at radius 3 is 2.37 bits per heavy atom. The van der Waals surface area contributed by atoms with Crippen LogP contribution < -0.4 is 21.3 Å². The molecular formula is C23H27N3O4. The standard InChI is InChI=1S/C23H27N3O4/c1-6-30-14-9-7-13(8-10-14)17-18-15(11-23(2,3)12-16(18)27)24-20-19(17)21(28)26(5)22(29)25(20)4/h7-10,17,24H,6,11-12H2,1-5H3/t17-/m0/s1. The number of hydrogen-bond donors (Lipinski definition) is 1. The fourth-order valence-corrected chi connectivity index (χ4v) is 4.61. The second-order valence-electron chi connectivity index (χ2n) is 8.86. The van der Waals surface area contributed by atoms with Crippen molar-refractivity contribution in [3.8, 4) is 5.75 Å². The van der Waals surface area contributed by atoms with Gasteiger partial charge in [0.05, 0.1) is 12.2 Å². The van der Waals surface area contributed by atoms with E-state index in [1.165, 1.54) is 11.6 Å². The number of carbonyl (C=O) groups is 1. The Hall–Kier alpha value is -3.09. The second kappa shape index (κ2) is 7.00. The van der Waals surface area contributed by atoms with Crippen molar-refractivity contribution in [2.45, 2.75) is 39.5 Å². The van der Waals surface area contributed by atoms with Gasteiger partial charge in [0.15, 0.2) is 5.78 Å². The number of Topliss-reactive ketones (excluding diaryl/α,β-unsaturated/α-hetero) is 1. The van der Waals surface area contributed by atoms with E-state index in [1.54, 1.807) is 7.05 Å². The van der Waals surface area contributed by atoms with Gasteiger partial charge in [-0.25, -0.2) is 4.79 Å². The Balaban J connectivity index is 2.00. The van der Waals surface area contributed by atoms with Crippen LogP contribution in [0.1, 0.15) is 50.7 Å². The van der Waals surface area contributed by atoms with Crippen LogP contribution in [0.4, 0.5) is 5.82 Å². The molecule has 0 fully saturated rings. The van der Waals surface area contributed by atoms with Gasteiger partial charge in [-0.15, -0.1) is 0 Å². The summed E-state index contributed by atoms with van der Waals surface area (Å²) in [6.07, 6.45) is 1.09. The zero-order valence-corrected chi connectivity index (χ0v) is 18.0. The zero-order chi connectivity index (χ0) is 21.8. The zero-order valence-electron chi connectivity index (χ0n) is 18.0. The summed E-state index contributed by atoms with van der Waals surface area (Å²) in [5.74, 6) is 0.704. The van der Waals surface area contributed by atoms with Gasteiger partial charge in [0, 0.05) is 37.7 Å². The van der Waals surface area contributed by atoms with Crippen LogP contribution in [0, 0.1) is 5.41 Å². The van der Waals surface area contributed by atoms with E-state index in [0.717, 1.165) is 21.6 Å². The molecular weight excluding hydrogens is 382 g/mol. The quantitative estimate of drug-likeness (QED) is 0.843. The first-order valence-corrected chi connectivity index (χ1v) is 10.2. The summed E-state index contributed by atoms with van der Waals surface area (Å²) in [6.45, 7) is 6.59. The van der Waals surface area contributed by atoms with E-state index in [-0.39, 0.29) is 16.8 Å². The number of aromatic nitrogens is 2. The molecule has 0 radical (unpaired) electrons. The van der Waals surface area contributed by atoms with Gasteiger partial charge in [-0.05, 0) is 36.5 Å². The Morgan fingerprint density at radius 1 is 1.07 bits per heavy atom. The first-order valence-electron chi connectivity index (χ1n) is 10.2. The van der Waals surface area contributed by atoms with E-state index in [1.807, 2.05) is 31.2 Å². The van der Waals surface area contributed by atoms with Gasteiger partial charge in [-0.3, -0.25) is 18.7 Å². The molecule has 158 valence electrons. The van der Waals surface area contributed by atoms with Gasteiger partial charge < -0.3 is 10.1 Å². The topological polar surface area (TPSA) is 82.3 Å². The average Bonchev–Trinajstić information content (AvgIpc) is 2.69. The van der Waals surface area contributed by atoms with E-state index >= 15 is 0 Å². The molecule has 0 unspecified atom stereocenters. The smallest absolute Gasteiger partial charge is 0.332 e. The van der Waals surface area contributed by atoms with Gasteiger partial charge in [-0.2, -0.15) is 0 Å². The van der Waals surface area contributed by atoms with Crippen LogP contribution in [0.5, 0.6) is 5.75 Å². The molecule has 0 bridgehead atoms. The number of carbonyl (C=O) groups excluding carboxylic acids is 1.